The molecule has 0 fully saturated rings. The molecule has 2 aromatic rings. The highest BCUT2D eigenvalue weighted by Crippen LogP contribution is 2.45. The highest BCUT2D eigenvalue weighted by Gasteiger charge is 2.45. The molecule has 15 heteroatoms. The molecule has 0 aliphatic rings. The second-order valence-corrected chi connectivity index (χ2v) is 5.49. The van der Waals surface area contributed by atoms with E-state index in [0.717, 1.165) is 18.2 Å². The SMILES string of the molecule is O=[N+]([O-])c1cc([N+](=O)[O-])c(Nc2ccccc2OC(F)(F)C(F)F)c(C(F)(F)F)c1. The van der Waals surface area contributed by atoms with Crippen molar-refractivity contribution < 1.29 is 45.3 Å². The van der Waals surface area contributed by atoms with E-state index in [0.29, 0.717) is 6.07 Å². The zero-order valence-electron chi connectivity index (χ0n) is 14.1. The molecular weight excluding hydrogens is 435 g/mol. The summed E-state index contributed by atoms with van der Waals surface area (Å²) in [5.41, 5.74) is -6.63. The lowest BCUT2D eigenvalue weighted by molar-refractivity contribution is -0.394. The summed E-state index contributed by atoms with van der Waals surface area (Å²) in [4.78, 5) is 19.3. The first-order valence-electron chi connectivity index (χ1n) is 7.49. The Bertz CT molecular complexity index is 982. The number of nitrogens with one attached hydrogen (secondary N) is 1. The lowest BCUT2D eigenvalue weighted by Crippen LogP contribution is -2.33. The van der Waals surface area contributed by atoms with Gasteiger partial charge in [-0.05, 0) is 12.1 Å². The number of halogens is 7. The van der Waals surface area contributed by atoms with Crippen molar-refractivity contribution in [3.8, 4) is 5.75 Å². The maximum atomic E-state index is 13.4. The molecule has 0 aliphatic heterocycles. The summed E-state index contributed by atoms with van der Waals surface area (Å²) in [5.74, 6) is -1.05. The number of para-hydroxylation sites is 2. The van der Waals surface area contributed by atoms with E-state index in [9.17, 15) is 51.0 Å². The Morgan fingerprint density at radius 1 is 0.967 bits per heavy atom. The molecule has 0 saturated heterocycles. The predicted molar refractivity (Wildman–Crippen MR) is 86.1 cm³/mol. The largest absolute Gasteiger partial charge is 0.461 e. The van der Waals surface area contributed by atoms with E-state index in [1.807, 2.05) is 5.32 Å². The van der Waals surface area contributed by atoms with E-state index in [-0.39, 0.29) is 12.1 Å². The fraction of sp³-hybridized carbons (Fsp3) is 0.200. The van der Waals surface area contributed by atoms with Crippen LogP contribution in [0.25, 0.3) is 0 Å². The van der Waals surface area contributed by atoms with Crippen LogP contribution in [-0.2, 0) is 6.18 Å². The van der Waals surface area contributed by atoms with Gasteiger partial charge in [-0.3, -0.25) is 20.2 Å². The summed E-state index contributed by atoms with van der Waals surface area (Å²) in [6, 6.07) is 3.84. The van der Waals surface area contributed by atoms with Crippen LogP contribution in [0.1, 0.15) is 5.56 Å². The maximum Gasteiger partial charge on any atom is 0.461 e. The van der Waals surface area contributed by atoms with E-state index in [1.165, 1.54) is 0 Å². The van der Waals surface area contributed by atoms with Gasteiger partial charge in [0, 0.05) is 6.07 Å². The molecule has 162 valence electrons. The summed E-state index contributed by atoms with van der Waals surface area (Å²) >= 11 is 0. The summed E-state index contributed by atoms with van der Waals surface area (Å²) in [7, 11) is 0. The standard InChI is InChI=1S/C15H8F7N3O5/c16-13(17)15(21,22)30-11-4-2-1-3-9(11)23-12-8(14(18,19)20)5-7(24(26)27)6-10(12)25(28)29/h1-6,13,23H. The molecule has 2 aromatic carbocycles. The van der Waals surface area contributed by atoms with Crippen molar-refractivity contribution in [1.29, 1.82) is 0 Å². The second kappa shape index (κ2) is 8.00. The summed E-state index contributed by atoms with van der Waals surface area (Å²) < 4.78 is 95.1. The van der Waals surface area contributed by atoms with Crippen molar-refractivity contribution >= 4 is 22.7 Å². The molecule has 0 unspecified atom stereocenters. The number of hydrogen-bond donors (Lipinski definition) is 1. The third-order valence-electron chi connectivity index (χ3n) is 3.46. The van der Waals surface area contributed by atoms with Gasteiger partial charge in [0.15, 0.2) is 0 Å². The topological polar surface area (TPSA) is 108 Å². The Morgan fingerprint density at radius 3 is 2.07 bits per heavy atom. The van der Waals surface area contributed by atoms with Crippen LogP contribution in [-0.4, -0.2) is 22.4 Å². The molecular formula is C15H8F7N3O5. The first kappa shape index (κ1) is 22.6. The van der Waals surface area contributed by atoms with Crippen molar-refractivity contribution in [3.63, 3.8) is 0 Å². The van der Waals surface area contributed by atoms with Gasteiger partial charge in [-0.1, -0.05) is 12.1 Å². The van der Waals surface area contributed by atoms with Crippen LogP contribution in [0.3, 0.4) is 0 Å². The summed E-state index contributed by atoms with van der Waals surface area (Å²) in [6.45, 7) is 0. The Kier molecular flexibility index (Phi) is 6.04. The monoisotopic (exact) mass is 443 g/mol. The third-order valence-corrected chi connectivity index (χ3v) is 3.46. The fourth-order valence-corrected chi connectivity index (χ4v) is 2.20. The van der Waals surface area contributed by atoms with Crippen molar-refractivity contribution in [2.24, 2.45) is 0 Å². The molecule has 1 N–H and O–H groups in total. The molecule has 0 bridgehead atoms. The van der Waals surface area contributed by atoms with E-state index in [1.54, 1.807) is 0 Å². The lowest BCUT2D eigenvalue weighted by Gasteiger charge is -2.20. The number of nitro benzene ring substituents is 2. The second-order valence-electron chi connectivity index (χ2n) is 5.49. The Balaban J connectivity index is 2.67. The average Bonchev–Trinajstić information content (AvgIpc) is 2.61. The van der Waals surface area contributed by atoms with E-state index >= 15 is 0 Å². The number of rotatable bonds is 7. The summed E-state index contributed by atoms with van der Waals surface area (Å²) in [6.07, 6.45) is -14.7. The molecule has 0 amide bonds. The number of nitro groups is 2. The van der Waals surface area contributed by atoms with Crippen LogP contribution < -0.4 is 10.1 Å². The number of anilines is 2. The Morgan fingerprint density at radius 2 is 1.57 bits per heavy atom. The first-order chi connectivity index (χ1) is 13.7. The fourth-order valence-electron chi connectivity index (χ4n) is 2.20. The van der Waals surface area contributed by atoms with E-state index < -0.39 is 62.6 Å². The minimum Gasteiger partial charge on any atom is -0.426 e. The number of ether oxygens (including phenoxy) is 1. The van der Waals surface area contributed by atoms with Gasteiger partial charge in [0.05, 0.1) is 27.2 Å². The van der Waals surface area contributed by atoms with Crippen LogP contribution >= 0.6 is 0 Å². The summed E-state index contributed by atoms with van der Waals surface area (Å²) in [5, 5.41) is 23.9. The van der Waals surface area contributed by atoms with Gasteiger partial charge in [0.1, 0.15) is 11.4 Å². The van der Waals surface area contributed by atoms with E-state index in [2.05, 4.69) is 4.74 Å². The van der Waals surface area contributed by atoms with Crippen molar-refractivity contribution in [3.05, 3.63) is 62.2 Å². The Labute approximate surface area is 161 Å². The zero-order chi connectivity index (χ0) is 22.9. The molecule has 0 aliphatic carbocycles. The lowest BCUT2D eigenvalue weighted by atomic mass is 10.1. The molecule has 2 rings (SSSR count). The van der Waals surface area contributed by atoms with Gasteiger partial charge in [0.2, 0.25) is 0 Å². The smallest absolute Gasteiger partial charge is 0.426 e. The predicted octanol–water partition coefficient (Wildman–Crippen LogP) is 5.50. The Hall–Kier alpha value is -3.65. The minimum absolute atomic E-state index is 0.00738. The van der Waals surface area contributed by atoms with Crippen LogP contribution in [0.2, 0.25) is 0 Å². The number of alkyl halides is 7. The van der Waals surface area contributed by atoms with Crippen LogP contribution in [0.15, 0.2) is 36.4 Å². The van der Waals surface area contributed by atoms with Gasteiger partial charge in [-0.2, -0.15) is 30.7 Å². The molecule has 30 heavy (non-hydrogen) atoms. The van der Waals surface area contributed by atoms with Crippen molar-refractivity contribution in [2.45, 2.75) is 18.7 Å². The number of nitrogens with zero attached hydrogens (tertiary/aromatic N) is 2. The molecule has 0 atom stereocenters. The molecule has 0 aromatic heterocycles. The number of benzene rings is 2. The van der Waals surface area contributed by atoms with Gasteiger partial charge >= 0.3 is 18.7 Å². The quantitative estimate of drug-likeness (QED) is 0.344. The van der Waals surface area contributed by atoms with Gasteiger partial charge in [-0.15, -0.1) is 0 Å². The van der Waals surface area contributed by atoms with Crippen LogP contribution in [0.4, 0.5) is 53.5 Å². The molecule has 0 spiro atoms. The highest BCUT2D eigenvalue weighted by atomic mass is 19.4. The third kappa shape index (κ3) is 4.84. The van der Waals surface area contributed by atoms with Gasteiger partial charge in [-0.25, -0.2) is 0 Å². The van der Waals surface area contributed by atoms with Crippen LogP contribution in [0.5, 0.6) is 5.75 Å². The normalized spacial score (nSPS) is 12.0. The maximum absolute atomic E-state index is 13.4. The van der Waals surface area contributed by atoms with Crippen molar-refractivity contribution in [1.82, 2.24) is 0 Å². The molecule has 0 saturated carbocycles. The van der Waals surface area contributed by atoms with Crippen LogP contribution in [0, 0.1) is 20.2 Å². The van der Waals surface area contributed by atoms with Gasteiger partial charge in [0.25, 0.3) is 11.4 Å². The van der Waals surface area contributed by atoms with E-state index in [4.69, 9.17) is 0 Å². The molecule has 8 nitrogen and oxygen atoms in total. The zero-order valence-corrected chi connectivity index (χ0v) is 14.1. The van der Waals surface area contributed by atoms with Crippen molar-refractivity contribution in [2.75, 3.05) is 5.32 Å². The first-order valence-corrected chi connectivity index (χ1v) is 7.49. The number of hydrogen-bond acceptors (Lipinski definition) is 6. The van der Waals surface area contributed by atoms with Gasteiger partial charge < -0.3 is 10.1 Å². The average molecular weight is 443 g/mol. The minimum atomic E-state index is -5.35. The number of non-ortho nitro benzene ring substituents is 1. The highest BCUT2D eigenvalue weighted by molar-refractivity contribution is 5.78. The molecule has 0 radical (unpaired) electrons. The molecule has 0 heterocycles.